The SMILES string of the molecule is CCCCC(Sc1nc(OCCc2ccc([N+](=O)[O-])cc2)cc(OCCc2ccc([N+](=O)[O-])cc2)n1)C(=O)OCC. The molecule has 0 saturated heterocycles. The summed E-state index contributed by atoms with van der Waals surface area (Å²) in [6, 6.07) is 14.0. The van der Waals surface area contributed by atoms with Crippen molar-refractivity contribution in [1.82, 2.24) is 9.97 Å². The van der Waals surface area contributed by atoms with Gasteiger partial charge in [0, 0.05) is 37.1 Å². The number of nitro groups is 2. The molecule has 1 aromatic heterocycles. The van der Waals surface area contributed by atoms with Gasteiger partial charge in [-0.1, -0.05) is 55.8 Å². The van der Waals surface area contributed by atoms with Gasteiger partial charge in [0.15, 0.2) is 5.16 Å². The number of carbonyl (C=O) groups is 1. The summed E-state index contributed by atoms with van der Waals surface area (Å²) >= 11 is 1.19. The van der Waals surface area contributed by atoms with Crippen LogP contribution < -0.4 is 9.47 Å². The summed E-state index contributed by atoms with van der Waals surface area (Å²) in [4.78, 5) is 42.4. The van der Waals surface area contributed by atoms with Crippen LogP contribution >= 0.6 is 11.8 Å². The van der Waals surface area contributed by atoms with Gasteiger partial charge in [-0.3, -0.25) is 25.0 Å². The van der Waals surface area contributed by atoms with E-state index in [1.54, 1.807) is 37.3 Å². The van der Waals surface area contributed by atoms with Crippen molar-refractivity contribution in [1.29, 1.82) is 0 Å². The minimum absolute atomic E-state index is 0.0156. The number of nitro benzene ring substituents is 2. The Kier molecular flexibility index (Phi) is 12.3. The number of esters is 1. The van der Waals surface area contributed by atoms with E-state index in [1.807, 2.05) is 6.92 Å². The van der Waals surface area contributed by atoms with Gasteiger partial charge in [-0.05, 0) is 24.5 Å². The van der Waals surface area contributed by atoms with E-state index < -0.39 is 15.1 Å². The first-order valence-corrected chi connectivity index (χ1v) is 14.1. The normalized spacial score (nSPS) is 11.5. The highest BCUT2D eigenvalue weighted by molar-refractivity contribution is 8.00. The molecule has 218 valence electrons. The maximum absolute atomic E-state index is 12.6. The molecular formula is C28H32N4O8S. The predicted molar refractivity (Wildman–Crippen MR) is 152 cm³/mol. The molecule has 0 aliphatic carbocycles. The second-order valence-corrected chi connectivity index (χ2v) is 10.0. The van der Waals surface area contributed by atoms with Gasteiger partial charge in [-0.15, -0.1) is 0 Å². The number of ether oxygens (including phenoxy) is 3. The third kappa shape index (κ3) is 10.3. The number of aromatic nitrogens is 2. The van der Waals surface area contributed by atoms with Crippen LogP contribution in [0.25, 0.3) is 0 Å². The molecule has 0 saturated carbocycles. The van der Waals surface area contributed by atoms with E-state index >= 15 is 0 Å². The van der Waals surface area contributed by atoms with E-state index in [4.69, 9.17) is 14.2 Å². The number of unbranched alkanes of at least 4 members (excludes halogenated alkanes) is 1. The number of hydrogen-bond acceptors (Lipinski definition) is 11. The average Bonchev–Trinajstić information content (AvgIpc) is 2.96. The summed E-state index contributed by atoms with van der Waals surface area (Å²) in [6.07, 6.45) is 3.33. The first kappa shape index (κ1) is 31.3. The fourth-order valence-corrected chi connectivity index (χ4v) is 4.67. The lowest BCUT2D eigenvalue weighted by Gasteiger charge is -2.15. The van der Waals surface area contributed by atoms with Crippen molar-refractivity contribution < 1.29 is 28.9 Å². The van der Waals surface area contributed by atoms with Gasteiger partial charge in [0.05, 0.1) is 35.7 Å². The zero-order valence-electron chi connectivity index (χ0n) is 22.9. The summed E-state index contributed by atoms with van der Waals surface area (Å²) < 4.78 is 17.0. The van der Waals surface area contributed by atoms with E-state index in [0.29, 0.717) is 24.4 Å². The Bertz CT molecular complexity index is 1220. The number of nitrogens with zero attached hydrogens (tertiary/aromatic N) is 4. The standard InChI is InChI=1S/C28H32N4O8S/c1-3-5-6-24(27(33)38-4-2)41-28-29-25(39-17-15-20-7-11-22(12-8-20)31(34)35)19-26(30-28)40-18-16-21-9-13-23(14-10-21)32(36)37/h7-14,19,24H,3-6,15-18H2,1-2H3. The molecule has 0 fully saturated rings. The van der Waals surface area contributed by atoms with Crippen molar-refractivity contribution in [2.45, 2.75) is 56.4 Å². The number of carbonyl (C=O) groups excluding carboxylic acids is 1. The molecule has 12 nitrogen and oxygen atoms in total. The molecule has 0 radical (unpaired) electrons. The molecule has 13 heteroatoms. The third-order valence-corrected chi connectivity index (χ3v) is 6.96. The summed E-state index contributed by atoms with van der Waals surface area (Å²) in [7, 11) is 0. The highest BCUT2D eigenvalue weighted by Gasteiger charge is 2.23. The smallest absolute Gasteiger partial charge is 0.319 e. The summed E-state index contributed by atoms with van der Waals surface area (Å²) in [5.74, 6) is 0.181. The molecule has 0 aliphatic heterocycles. The fourth-order valence-electron chi connectivity index (χ4n) is 3.68. The van der Waals surface area contributed by atoms with Crippen LogP contribution in [0, 0.1) is 20.2 Å². The number of benzene rings is 2. The van der Waals surface area contributed by atoms with Crippen molar-refractivity contribution in [2.75, 3.05) is 19.8 Å². The monoisotopic (exact) mass is 584 g/mol. The highest BCUT2D eigenvalue weighted by Crippen LogP contribution is 2.29. The van der Waals surface area contributed by atoms with E-state index in [2.05, 4.69) is 9.97 Å². The Morgan fingerprint density at radius 3 is 1.76 bits per heavy atom. The van der Waals surface area contributed by atoms with E-state index in [-0.39, 0.29) is 48.9 Å². The molecule has 2 aromatic carbocycles. The minimum atomic E-state index is -0.488. The van der Waals surface area contributed by atoms with Gasteiger partial charge < -0.3 is 14.2 Å². The summed E-state index contributed by atoms with van der Waals surface area (Å²) in [5.41, 5.74) is 1.75. The largest absolute Gasteiger partial charge is 0.477 e. The third-order valence-electron chi connectivity index (χ3n) is 5.85. The van der Waals surface area contributed by atoms with Gasteiger partial charge in [-0.2, -0.15) is 9.97 Å². The van der Waals surface area contributed by atoms with Gasteiger partial charge in [0.25, 0.3) is 11.4 Å². The summed E-state index contributed by atoms with van der Waals surface area (Å²) in [6.45, 7) is 4.56. The van der Waals surface area contributed by atoms with Crippen molar-refractivity contribution >= 4 is 29.1 Å². The van der Waals surface area contributed by atoms with Gasteiger partial charge in [0.1, 0.15) is 5.25 Å². The van der Waals surface area contributed by atoms with E-state index in [0.717, 1.165) is 24.0 Å². The second kappa shape index (κ2) is 16.1. The van der Waals surface area contributed by atoms with Crippen molar-refractivity contribution in [3.8, 4) is 11.8 Å². The van der Waals surface area contributed by atoms with Crippen molar-refractivity contribution in [3.63, 3.8) is 0 Å². The van der Waals surface area contributed by atoms with Crippen LogP contribution in [0.4, 0.5) is 11.4 Å². The maximum Gasteiger partial charge on any atom is 0.319 e. The van der Waals surface area contributed by atoms with Gasteiger partial charge in [0.2, 0.25) is 11.8 Å². The van der Waals surface area contributed by atoms with E-state index in [1.165, 1.54) is 36.0 Å². The summed E-state index contributed by atoms with van der Waals surface area (Å²) in [5, 5.41) is 21.6. The second-order valence-electron chi connectivity index (χ2n) is 8.87. The van der Waals surface area contributed by atoms with Crippen molar-refractivity contribution in [2.24, 2.45) is 0 Å². The topological polar surface area (TPSA) is 157 Å². The lowest BCUT2D eigenvalue weighted by Crippen LogP contribution is -2.21. The van der Waals surface area contributed by atoms with Crippen LogP contribution in [0.2, 0.25) is 0 Å². The van der Waals surface area contributed by atoms with Crippen LogP contribution in [-0.2, 0) is 22.4 Å². The molecule has 0 bridgehead atoms. The molecule has 0 spiro atoms. The van der Waals surface area contributed by atoms with Crippen LogP contribution in [0.5, 0.6) is 11.8 Å². The van der Waals surface area contributed by atoms with Crippen LogP contribution in [0.15, 0.2) is 59.8 Å². The van der Waals surface area contributed by atoms with Crippen LogP contribution in [-0.4, -0.2) is 50.9 Å². The lowest BCUT2D eigenvalue weighted by atomic mass is 10.1. The Morgan fingerprint density at radius 2 is 1.34 bits per heavy atom. The molecule has 3 rings (SSSR count). The number of non-ortho nitro benzene ring substituents is 2. The number of rotatable bonds is 17. The molecule has 1 heterocycles. The van der Waals surface area contributed by atoms with Gasteiger partial charge >= 0.3 is 5.97 Å². The molecule has 41 heavy (non-hydrogen) atoms. The lowest BCUT2D eigenvalue weighted by molar-refractivity contribution is -0.385. The highest BCUT2D eigenvalue weighted by atomic mass is 32.2. The molecule has 3 aromatic rings. The minimum Gasteiger partial charge on any atom is -0.477 e. The number of thioether (sulfide) groups is 1. The molecule has 1 atom stereocenters. The first-order chi connectivity index (χ1) is 19.8. The molecule has 0 aliphatic rings. The molecule has 0 N–H and O–H groups in total. The maximum atomic E-state index is 12.6. The Balaban J connectivity index is 1.72. The molecule has 0 amide bonds. The predicted octanol–water partition coefficient (Wildman–Crippen LogP) is 5.75. The Morgan fingerprint density at radius 1 is 0.854 bits per heavy atom. The zero-order chi connectivity index (χ0) is 29.6. The van der Waals surface area contributed by atoms with Gasteiger partial charge in [-0.25, -0.2) is 0 Å². The average molecular weight is 585 g/mol. The fraction of sp³-hybridized carbons (Fsp3) is 0.393. The Hall–Kier alpha value is -4.26. The van der Waals surface area contributed by atoms with Crippen LogP contribution in [0.1, 0.15) is 44.2 Å². The zero-order valence-corrected chi connectivity index (χ0v) is 23.7. The quantitative estimate of drug-likeness (QED) is 0.0625. The first-order valence-electron chi connectivity index (χ1n) is 13.2. The molecule has 1 unspecified atom stereocenters. The molecular weight excluding hydrogens is 552 g/mol. The van der Waals surface area contributed by atoms with E-state index in [9.17, 15) is 25.0 Å². The van der Waals surface area contributed by atoms with Crippen molar-refractivity contribution in [3.05, 3.63) is 86.0 Å². The van der Waals surface area contributed by atoms with Crippen LogP contribution in [0.3, 0.4) is 0 Å². The number of hydrogen-bond donors (Lipinski definition) is 0. The Labute approximate surface area is 241 Å².